The number of hydrogen-bond donors (Lipinski definition) is 3. The number of aromatic amines is 1. The minimum atomic E-state index is -0.626. The standard InChI is InChI=1S/C20H27N5O3/c1-13(2)18(21)19(27)22-12-17(26)24-7-9-25(10-8-24)20(28)16-11-14-5-3-4-6-15(14)23-16/h3-6,11,13,18,23H,7-10,12,21H2,1-2H3,(H,22,27)/t18-/m0/s1. The molecule has 28 heavy (non-hydrogen) atoms. The molecular formula is C20H27N5O3. The number of nitrogens with one attached hydrogen (secondary N) is 2. The Morgan fingerprint density at radius 1 is 1.11 bits per heavy atom. The number of H-pyrrole nitrogens is 1. The predicted molar refractivity (Wildman–Crippen MR) is 107 cm³/mol. The summed E-state index contributed by atoms with van der Waals surface area (Å²) in [5, 5.41) is 3.59. The number of amides is 3. The van der Waals surface area contributed by atoms with E-state index in [1.165, 1.54) is 0 Å². The maximum atomic E-state index is 12.7. The maximum Gasteiger partial charge on any atom is 0.270 e. The molecule has 1 aromatic heterocycles. The van der Waals surface area contributed by atoms with Gasteiger partial charge < -0.3 is 25.8 Å². The molecule has 0 unspecified atom stereocenters. The fraction of sp³-hybridized carbons (Fsp3) is 0.450. The third kappa shape index (κ3) is 4.33. The van der Waals surface area contributed by atoms with Crippen LogP contribution in [0.1, 0.15) is 24.3 Å². The van der Waals surface area contributed by atoms with E-state index in [0.717, 1.165) is 10.9 Å². The van der Waals surface area contributed by atoms with Gasteiger partial charge in [-0.25, -0.2) is 0 Å². The second-order valence-electron chi connectivity index (χ2n) is 7.43. The van der Waals surface area contributed by atoms with Crippen molar-refractivity contribution >= 4 is 28.6 Å². The van der Waals surface area contributed by atoms with Gasteiger partial charge in [0, 0.05) is 37.1 Å². The number of hydrogen-bond acceptors (Lipinski definition) is 4. The normalized spacial score (nSPS) is 15.7. The Balaban J connectivity index is 1.50. The molecule has 1 aliphatic heterocycles. The number of carbonyl (C=O) groups excluding carboxylic acids is 3. The van der Waals surface area contributed by atoms with Crippen LogP contribution in [0.3, 0.4) is 0 Å². The molecule has 0 aliphatic carbocycles. The van der Waals surface area contributed by atoms with E-state index in [2.05, 4.69) is 10.3 Å². The number of para-hydroxylation sites is 1. The highest BCUT2D eigenvalue weighted by Gasteiger charge is 2.26. The van der Waals surface area contributed by atoms with Gasteiger partial charge in [0.25, 0.3) is 5.91 Å². The van der Waals surface area contributed by atoms with Gasteiger partial charge in [0.05, 0.1) is 12.6 Å². The second kappa shape index (κ2) is 8.43. The van der Waals surface area contributed by atoms with Crippen molar-refractivity contribution in [2.45, 2.75) is 19.9 Å². The van der Waals surface area contributed by atoms with Crippen molar-refractivity contribution in [3.8, 4) is 0 Å². The quantitative estimate of drug-likeness (QED) is 0.698. The molecule has 1 fully saturated rings. The van der Waals surface area contributed by atoms with Gasteiger partial charge in [-0.15, -0.1) is 0 Å². The van der Waals surface area contributed by atoms with Gasteiger partial charge in [0.15, 0.2) is 0 Å². The molecule has 8 heteroatoms. The molecular weight excluding hydrogens is 358 g/mol. The van der Waals surface area contributed by atoms with Crippen LogP contribution in [0.4, 0.5) is 0 Å². The van der Waals surface area contributed by atoms with Crippen LogP contribution in [0.15, 0.2) is 30.3 Å². The number of rotatable bonds is 5. The zero-order chi connectivity index (χ0) is 20.3. The molecule has 2 aromatic rings. The molecule has 0 spiro atoms. The SMILES string of the molecule is CC(C)[C@H](N)C(=O)NCC(=O)N1CCN(C(=O)c2cc3ccccc3[nH]2)CC1. The third-order valence-electron chi connectivity index (χ3n) is 5.11. The van der Waals surface area contributed by atoms with Crippen molar-refractivity contribution in [1.82, 2.24) is 20.1 Å². The first-order chi connectivity index (χ1) is 13.4. The molecule has 3 amide bonds. The Labute approximate surface area is 164 Å². The molecule has 1 aliphatic rings. The van der Waals surface area contributed by atoms with Crippen molar-refractivity contribution in [1.29, 1.82) is 0 Å². The molecule has 0 radical (unpaired) electrons. The summed E-state index contributed by atoms with van der Waals surface area (Å²) < 4.78 is 0. The highest BCUT2D eigenvalue weighted by Crippen LogP contribution is 2.17. The number of nitrogens with zero attached hydrogens (tertiary/aromatic N) is 2. The van der Waals surface area contributed by atoms with Crippen LogP contribution >= 0.6 is 0 Å². The van der Waals surface area contributed by atoms with E-state index in [0.29, 0.717) is 31.9 Å². The highest BCUT2D eigenvalue weighted by atomic mass is 16.2. The fourth-order valence-corrected chi connectivity index (χ4v) is 3.21. The van der Waals surface area contributed by atoms with E-state index < -0.39 is 6.04 Å². The predicted octanol–water partition coefficient (Wildman–Crippen LogP) is 0.552. The van der Waals surface area contributed by atoms with Crippen LogP contribution in [0.25, 0.3) is 10.9 Å². The van der Waals surface area contributed by atoms with Crippen molar-refractivity contribution < 1.29 is 14.4 Å². The van der Waals surface area contributed by atoms with Crippen LogP contribution in [0, 0.1) is 5.92 Å². The highest BCUT2D eigenvalue weighted by molar-refractivity contribution is 5.98. The van der Waals surface area contributed by atoms with Gasteiger partial charge >= 0.3 is 0 Å². The topological polar surface area (TPSA) is 112 Å². The minimum Gasteiger partial charge on any atom is -0.351 e. The average Bonchev–Trinajstić information content (AvgIpc) is 3.14. The van der Waals surface area contributed by atoms with Gasteiger partial charge in [-0.3, -0.25) is 14.4 Å². The molecule has 1 saturated heterocycles. The van der Waals surface area contributed by atoms with Crippen LogP contribution in [0.2, 0.25) is 0 Å². The van der Waals surface area contributed by atoms with Crippen molar-refractivity contribution in [2.24, 2.45) is 11.7 Å². The second-order valence-corrected chi connectivity index (χ2v) is 7.43. The van der Waals surface area contributed by atoms with E-state index >= 15 is 0 Å². The number of benzene rings is 1. The molecule has 1 aromatic carbocycles. The Morgan fingerprint density at radius 3 is 2.39 bits per heavy atom. The first-order valence-corrected chi connectivity index (χ1v) is 9.55. The molecule has 1 atom stereocenters. The monoisotopic (exact) mass is 385 g/mol. The lowest BCUT2D eigenvalue weighted by atomic mass is 10.1. The first-order valence-electron chi connectivity index (χ1n) is 9.55. The van der Waals surface area contributed by atoms with Crippen LogP contribution < -0.4 is 11.1 Å². The average molecular weight is 385 g/mol. The maximum absolute atomic E-state index is 12.7. The number of piperazine rings is 1. The lowest BCUT2D eigenvalue weighted by Crippen LogP contribution is -2.53. The van der Waals surface area contributed by atoms with Crippen molar-refractivity contribution in [3.05, 3.63) is 36.0 Å². The van der Waals surface area contributed by atoms with Gasteiger partial charge in [-0.2, -0.15) is 0 Å². The van der Waals surface area contributed by atoms with E-state index in [1.807, 2.05) is 44.2 Å². The molecule has 2 heterocycles. The molecule has 0 saturated carbocycles. The number of fused-ring (bicyclic) bond motifs is 1. The third-order valence-corrected chi connectivity index (χ3v) is 5.11. The smallest absolute Gasteiger partial charge is 0.270 e. The fourth-order valence-electron chi connectivity index (χ4n) is 3.21. The summed E-state index contributed by atoms with van der Waals surface area (Å²) in [7, 11) is 0. The summed E-state index contributed by atoms with van der Waals surface area (Å²) >= 11 is 0. The Hall–Kier alpha value is -2.87. The van der Waals surface area contributed by atoms with Crippen LogP contribution in [0.5, 0.6) is 0 Å². The van der Waals surface area contributed by atoms with Gasteiger partial charge in [-0.05, 0) is 18.1 Å². The lowest BCUT2D eigenvalue weighted by molar-refractivity contribution is -0.134. The van der Waals surface area contributed by atoms with Gasteiger partial charge in [-0.1, -0.05) is 32.0 Å². The zero-order valence-electron chi connectivity index (χ0n) is 16.3. The van der Waals surface area contributed by atoms with Crippen molar-refractivity contribution in [3.63, 3.8) is 0 Å². The van der Waals surface area contributed by atoms with Crippen molar-refractivity contribution in [2.75, 3.05) is 32.7 Å². The molecule has 0 bridgehead atoms. The van der Waals surface area contributed by atoms with E-state index in [4.69, 9.17) is 5.73 Å². The van der Waals surface area contributed by atoms with E-state index in [1.54, 1.807) is 9.80 Å². The summed E-state index contributed by atoms with van der Waals surface area (Å²) in [6.45, 7) is 5.44. The Morgan fingerprint density at radius 2 is 1.75 bits per heavy atom. The number of nitrogens with two attached hydrogens (primary N) is 1. The summed E-state index contributed by atoms with van der Waals surface area (Å²) in [6.07, 6.45) is 0. The summed E-state index contributed by atoms with van der Waals surface area (Å²) in [5.41, 5.74) is 7.25. The molecule has 4 N–H and O–H groups in total. The minimum absolute atomic E-state index is 0.00861. The number of carbonyl (C=O) groups is 3. The van der Waals surface area contributed by atoms with Gasteiger partial charge in [0.2, 0.25) is 11.8 Å². The Bertz CT molecular complexity index is 835. The van der Waals surface area contributed by atoms with Crippen LogP contribution in [-0.2, 0) is 9.59 Å². The van der Waals surface area contributed by atoms with E-state index in [-0.39, 0.29) is 30.2 Å². The first kappa shape index (κ1) is 19.9. The summed E-state index contributed by atoms with van der Waals surface area (Å²) in [6, 6.07) is 8.97. The van der Waals surface area contributed by atoms with Crippen LogP contribution in [-0.4, -0.2) is 71.3 Å². The summed E-state index contributed by atoms with van der Waals surface area (Å²) in [5.74, 6) is -0.549. The molecule has 150 valence electrons. The summed E-state index contributed by atoms with van der Waals surface area (Å²) in [4.78, 5) is 43.5. The lowest BCUT2D eigenvalue weighted by Gasteiger charge is -2.34. The Kier molecular flexibility index (Phi) is 5.99. The molecule has 3 rings (SSSR count). The largest absolute Gasteiger partial charge is 0.351 e. The zero-order valence-corrected chi connectivity index (χ0v) is 16.3. The van der Waals surface area contributed by atoms with Gasteiger partial charge in [0.1, 0.15) is 5.69 Å². The molecule has 8 nitrogen and oxygen atoms in total. The van der Waals surface area contributed by atoms with E-state index in [9.17, 15) is 14.4 Å². The number of aromatic nitrogens is 1.